The number of carbonyl (C=O) groups excluding carboxylic acids is 2. The summed E-state index contributed by atoms with van der Waals surface area (Å²) < 4.78 is 6.91. The van der Waals surface area contributed by atoms with Crippen molar-refractivity contribution in [2.75, 3.05) is 11.9 Å². The van der Waals surface area contributed by atoms with E-state index < -0.39 is 11.6 Å². The molecule has 2 aromatic carbocycles. The number of hydrogen-bond donors (Lipinski definition) is 1. The fraction of sp³-hybridized carbons (Fsp3) is 0.250. The molecule has 1 unspecified atom stereocenters. The Balaban J connectivity index is 1.37. The first kappa shape index (κ1) is 22.4. The van der Waals surface area contributed by atoms with E-state index in [4.69, 9.17) is 27.6 Å². The molecular weight excluding hydrogens is 479 g/mol. The number of carbonyl (C=O) groups is 2. The average Bonchev–Trinajstić information content (AvgIpc) is 3.23. The van der Waals surface area contributed by atoms with E-state index in [0.717, 1.165) is 18.2 Å². The summed E-state index contributed by atoms with van der Waals surface area (Å²) in [5, 5.41) is 4.25. The minimum Gasteiger partial charge on any atom is -0.448 e. The van der Waals surface area contributed by atoms with E-state index in [1.165, 1.54) is 15.8 Å². The molecule has 4 aromatic rings. The molecule has 0 aliphatic carbocycles. The minimum absolute atomic E-state index is 0.101. The highest BCUT2D eigenvalue weighted by molar-refractivity contribution is 6.42. The van der Waals surface area contributed by atoms with E-state index in [1.807, 2.05) is 18.2 Å². The number of benzene rings is 2. The van der Waals surface area contributed by atoms with Gasteiger partial charge >= 0.3 is 0 Å². The van der Waals surface area contributed by atoms with Crippen molar-refractivity contribution in [2.24, 2.45) is 0 Å². The standard InChI is InChI=1S/C24H20Cl2N4O4/c25-16-9-8-14(11-17(16)26)28-23(32)18-6-3-4-10-30(18)20(31)12-29-13-27-21-15-5-1-2-7-19(15)34-22(21)24(29)33/h1-2,5,7-9,11,13,18H,3-4,6,10,12H2,(H,28,32). The smallest absolute Gasteiger partial charge is 0.297 e. The fourth-order valence-electron chi connectivity index (χ4n) is 4.27. The Labute approximate surface area is 204 Å². The first-order valence-corrected chi connectivity index (χ1v) is 11.6. The number of likely N-dealkylation sites (tertiary alicyclic amines) is 1. The number of halogens is 2. The topological polar surface area (TPSA) is 97.4 Å². The van der Waals surface area contributed by atoms with E-state index in [9.17, 15) is 14.4 Å². The summed E-state index contributed by atoms with van der Waals surface area (Å²) in [7, 11) is 0. The van der Waals surface area contributed by atoms with Gasteiger partial charge in [0.25, 0.3) is 5.56 Å². The molecule has 1 saturated heterocycles. The van der Waals surface area contributed by atoms with Crippen LogP contribution in [0, 0.1) is 0 Å². The zero-order valence-electron chi connectivity index (χ0n) is 18.0. The quantitative estimate of drug-likeness (QED) is 0.447. The Morgan fingerprint density at radius 2 is 1.94 bits per heavy atom. The molecular formula is C24H20Cl2N4O4. The summed E-state index contributed by atoms with van der Waals surface area (Å²) in [6, 6.07) is 11.4. The number of furan rings is 1. The third kappa shape index (κ3) is 4.15. The van der Waals surface area contributed by atoms with Gasteiger partial charge in [-0.3, -0.25) is 19.0 Å². The monoisotopic (exact) mass is 498 g/mol. The van der Waals surface area contributed by atoms with Crippen LogP contribution in [0.25, 0.3) is 22.1 Å². The maximum Gasteiger partial charge on any atom is 0.297 e. The molecule has 2 aromatic heterocycles. The lowest BCUT2D eigenvalue weighted by atomic mass is 10.0. The van der Waals surface area contributed by atoms with Crippen LogP contribution in [0.3, 0.4) is 0 Å². The summed E-state index contributed by atoms with van der Waals surface area (Å²) >= 11 is 12.0. The Bertz CT molecular complexity index is 1480. The molecule has 1 aliphatic heterocycles. The summed E-state index contributed by atoms with van der Waals surface area (Å²) in [6.07, 6.45) is 3.46. The van der Waals surface area contributed by atoms with Gasteiger partial charge in [-0.25, -0.2) is 4.98 Å². The van der Waals surface area contributed by atoms with Gasteiger partial charge in [0.1, 0.15) is 23.7 Å². The molecule has 0 spiro atoms. The largest absolute Gasteiger partial charge is 0.448 e. The third-order valence-electron chi connectivity index (χ3n) is 5.97. The summed E-state index contributed by atoms with van der Waals surface area (Å²) in [4.78, 5) is 45.0. The second kappa shape index (κ2) is 9.12. The van der Waals surface area contributed by atoms with Gasteiger partial charge in [-0.05, 0) is 49.6 Å². The number of fused-ring (bicyclic) bond motifs is 3. The van der Waals surface area contributed by atoms with Crippen LogP contribution in [0.4, 0.5) is 5.69 Å². The number of hydrogen-bond acceptors (Lipinski definition) is 5. The van der Waals surface area contributed by atoms with Crippen LogP contribution < -0.4 is 10.9 Å². The van der Waals surface area contributed by atoms with Gasteiger partial charge in [0, 0.05) is 17.6 Å². The van der Waals surface area contributed by atoms with Gasteiger partial charge < -0.3 is 14.6 Å². The summed E-state index contributed by atoms with van der Waals surface area (Å²) in [6.45, 7) is 0.183. The fourth-order valence-corrected chi connectivity index (χ4v) is 4.56. The van der Waals surface area contributed by atoms with Crippen molar-refractivity contribution in [3.05, 3.63) is 69.2 Å². The van der Waals surface area contributed by atoms with Crippen LogP contribution in [0.5, 0.6) is 0 Å². The highest BCUT2D eigenvalue weighted by atomic mass is 35.5. The number of amides is 2. The SMILES string of the molecule is O=C(Nc1ccc(Cl)c(Cl)c1)C1CCCCN1C(=O)Cn1cnc2c(oc3ccccc32)c1=O. The van der Waals surface area contributed by atoms with E-state index in [0.29, 0.717) is 39.8 Å². The predicted octanol–water partition coefficient (Wildman–Crippen LogP) is 4.47. The van der Waals surface area contributed by atoms with E-state index in [2.05, 4.69) is 10.3 Å². The molecule has 8 nitrogen and oxygen atoms in total. The molecule has 1 N–H and O–H groups in total. The minimum atomic E-state index is -0.658. The first-order chi connectivity index (χ1) is 16.4. The zero-order valence-corrected chi connectivity index (χ0v) is 19.5. The van der Waals surface area contributed by atoms with Crippen molar-refractivity contribution in [2.45, 2.75) is 31.8 Å². The molecule has 5 rings (SSSR count). The van der Waals surface area contributed by atoms with Crippen molar-refractivity contribution >= 4 is 62.8 Å². The zero-order chi connectivity index (χ0) is 23.8. The van der Waals surface area contributed by atoms with E-state index in [1.54, 1.807) is 24.3 Å². The predicted molar refractivity (Wildman–Crippen MR) is 130 cm³/mol. The lowest BCUT2D eigenvalue weighted by Crippen LogP contribution is -2.51. The van der Waals surface area contributed by atoms with Gasteiger partial charge in [-0.1, -0.05) is 35.3 Å². The molecule has 1 aliphatic rings. The lowest BCUT2D eigenvalue weighted by molar-refractivity contribution is -0.140. The van der Waals surface area contributed by atoms with E-state index in [-0.39, 0.29) is 23.9 Å². The average molecular weight is 499 g/mol. The van der Waals surface area contributed by atoms with Crippen LogP contribution in [0.2, 0.25) is 10.0 Å². The first-order valence-electron chi connectivity index (χ1n) is 10.8. The normalized spacial score (nSPS) is 16.2. The Morgan fingerprint density at radius 1 is 1.12 bits per heavy atom. The van der Waals surface area contributed by atoms with Gasteiger partial charge in [0.05, 0.1) is 16.4 Å². The van der Waals surface area contributed by atoms with Crippen molar-refractivity contribution in [1.29, 1.82) is 0 Å². The Kier molecular flexibility index (Phi) is 6.02. The molecule has 174 valence electrons. The number of para-hydroxylation sites is 1. The molecule has 0 radical (unpaired) electrons. The second-order valence-electron chi connectivity index (χ2n) is 8.17. The summed E-state index contributed by atoms with van der Waals surface area (Å²) in [5.74, 6) is -0.655. The number of rotatable bonds is 4. The summed E-state index contributed by atoms with van der Waals surface area (Å²) in [5.41, 5.74) is 1.17. The van der Waals surface area contributed by atoms with Crippen LogP contribution >= 0.6 is 23.2 Å². The number of piperidine rings is 1. The van der Waals surface area contributed by atoms with Crippen molar-refractivity contribution in [3.63, 3.8) is 0 Å². The highest BCUT2D eigenvalue weighted by Crippen LogP contribution is 2.27. The van der Waals surface area contributed by atoms with Crippen molar-refractivity contribution in [1.82, 2.24) is 14.5 Å². The van der Waals surface area contributed by atoms with Crippen LogP contribution in [-0.4, -0.2) is 38.9 Å². The van der Waals surface area contributed by atoms with Crippen LogP contribution in [0.1, 0.15) is 19.3 Å². The third-order valence-corrected chi connectivity index (χ3v) is 6.71. The molecule has 34 heavy (non-hydrogen) atoms. The van der Waals surface area contributed by atoms with Crippen molar-refractivity contribution < 1.29 is 14.0 Å². The number of nitrogens with one attached hydrogen (secondary N) is 1. The number of nitrogens with zero attached hydrogens (tertiary/aromatic N) is 3. The maximum absolute atomic E-state index is 13.2. The van der Waals surface area contributed by atoms with Gasteiger partial charge in [0.15, 0.2) is 0 Å². The van der Waals surface area contributed by atoms with Gasteiger partial charge in [0.2, 0.25) is 17.4 Å². The molecule has 2 amide bonds. The van der Waals surface area contributed by atoms with Crippen molar-refractivity contribution in [3.8, 4) is 0 Å². The molecule has 0 bridgehead atoms. The number of aromatic nitrogens is 2. The molecule has 3 heterocycles. The highest BCUT2D eigenvalue weighted by Gasteiger charge is 2.32. The molecule has 10 heteroatoms. The van der Waals surface area contributed by atoms with E-state index >= 15 is 0 Å². The van der Waals surface area contributed by atoms with Gasteiger partial charge in [-0.2, -0.15) is 0 Å². The second-order valence-corrected chi connectivity index (χ2v) is 8.98. The maximum atomic E-state index is 13.2. The lowest BCUT2D eigenvalue weighted by Gasteiger charge is -2.34. The molecule has 0 saturated carbocycles. The van der Waals surface area contributed by atoms with Gasteiger partial charge in [-0.15, -0.1) is 0 Å². The Hall–Kier alpha value is -3.36. The van der Waals surface area contributed by atoms with Crippen LogP contribution in [-0.2, 0) is 16.1 Å². The number of anilines is 1. The van der Waals surface area contributed by atoms with Crippen LogP contribution in [0.15, 0.2) is 58.0 Å². The Morgan fingerprint density at radius 3 is 2.76 bits per heavy atom. The molecule has 1 fully saturated rings. The molecule has 1 atom stereocenters.